The molecule has 1 aromatic carbocycles. The molecule has 15 heavy (non-hydrogen) atoms. The lowest BCUT2D eigenvalue weighted by molar-refractivity contribution is 0.112. The van der Waals surface area contributed by atoms with Crippen LogP contribution in [0.15, 0.2) is 42.6 Å². The number of aldehydes is 1. The van der Waals surface area contributed by atoms with Gasteiger partial charge in [0.15, 0.2) is 6.29 Å². The number of hydrogen-bond donors (Lipinski definition) is 1. The summed E-state index contributed by atoms with van der Waals surface area (Å²) in [5, 5.41) is 9.29. The summed E-state index contributed by atoms with van der Waals surface area (Å²) < 4.78 is 0. The highest BCUT2D eigenvalue weighted by Gasteiger charge is 2.04. The van der Waals surface area contributed by atoms with Crippen LogP contribution in [0.3, 0.4) is 0 Å². The summed E-state index contributed by atoms with van der Waals surface area (Å²) >= 11 is 0. The Bertz CT molecular complexity index is 480. The molecule has 0 aliphatic rings. The van der Waals surface area contributed by atoms with Crippen molar-refractivity contribution in [2.45, 2.75) is 0 Å². The Morgan fingerprint density at radius 2 is 1.93 bits per heavy atom. The summed E-state index contributed by atoms with van der Waals surface area (Å²) in [6.45, 7) is 0. The van der Waals surface area contributed by atoms with E-state index in [-0.39, 0.29) is 11.3 Å². The first-order chi connectivity index (χ1) is 7.31. The Hall–Kier alpha value is -2.16. The van der Waals surface area contributed by atoms with Gasteiger partial charge in [0.1, 0.15) is 5.75 Å². The molecule has 0 unspecified atom stereocenters. The molecule has 3 nitrogen and oxygen atoms in total. The zero-order chi connectivity index (χ0) is 10.7. The maximum Gasteiger partial charge on any atom is 0.153 e. The van der Waals surface area contributed by atoms with E-state index in [0.717, 1.165) is 5.56 Å². The van der Waals surface area contributed by atoms with E-state index in [1.165, 1.54) is 6.20 Å². The van der Waals surface area contributed by atoms with Gasteiger partial charge in [-0.05, 0) is 6.07 Å². The fraction of sp³-hybridized carbons (Fsp3) is 0. The van der Waals surface area contributed by atoms with Crippen molar-refractivity contribution < 1.29 is 9.90 Å². The molecule has 74 valence electrons. The molecule has 0 amide bonds. The second kappa shape index (κ2) is 3.92. The van der Waals surface area contributed by atoms with Crippen LogP contribution >= 0.6 is 0 Å². The molecular formula is C12H9NO2. The van der Waals surface area contributed by atoms with Gasteiger partial charge in [-0.3, -0.25) is 9.78 Å². The molecule has 1 heterocycles. The largest absolute Gasteiger partial charge is 0.506 e. The van der Waals surface area contributed by atoms with Crippen LogP contribution in [0.1, 0.15) is 10.4 Å². The highest BCUT2D eigenvalue weighted by Crippen LogP contribution is 2.21. The van der Waals surface area contributed by atoms with Crippen molar-refractivity contribution >= 4 is 6.29 Å². The first-order valence-electron chi connectivity index (χ1n) is 4.51. The van der Waals surface area contributed by atoms with Crippen molar-refractivity contribution in [3.05, 3.63) is 48.2 Å². The van der Waals surface area contributed by atoms with Crippen molar-refractivity contribution in [1.29, 1.82) is 0 Å². The summed E-state index contributed by atoms with van der Waals surface area (Å²) in [4.78, 5) is 14.7. The van der Waals surface area contributed by atoms with E-state index in [2.05, 4.69) is 4.98 Å². The van der Waals surface area contributed by atoms with Crippen LogP contribution in [0.5, 0.6) is 5.75 Å². The molecule has 3 heteroatoms. The van der Waals surface area contributed by atoms with Gasteiger partial charge in [-0.25, -0.2) is 0 Å². The van der Waals surface area contributed by atoms with E-state index in [4.69, 9.17) is 0 Å². The second-order valence-electron chi connectivity index (χ2n) is 3.11. The fourth-order valence-corrected chi connectivity index (χ4v) is 1.32. The van der Waals surface area contributed by atoms with Crippen LogP contribution < -0.4 is 0 Å². The van der Waals surface area contributed by atoms with E-state index < -0.39 is 0 Å². The third-order valence-corrected chi connectivity index (χ3v) is 2.11. The second-order valence-corrected chi connectivity index (χ2v) is 3.11. The highest BCUT2D eigenvalue weighted by molar-refractivity contribution is 5.81. The van der Waals surface area contributed by atoms with Crippen LogP contribution in [0.4, 0.5) is 0 Å². The molecule has 0 fully saturated rings. The Morgan fingerprint density at radius 1 is 1.20 bits per heavy atom. The van der Waals surface area contributed by atoms with Gasteiger partial charge >= 0.3 is 0 Å². The van der Waals surface area contributed by atoms with Gasteiger partial charge in [-0.15, -0.1) is 0 Å². The monoisotopic (exact) mass is 199 g/mol. The average Bonchev–Trinajstić information content (AvgIpc) is 2.31. The molecule has 2 rings (SSSR count). The van der Waals surface area contributed by atoms with E-state index in [1.807, 2.05) is 30.3 Å². The SMILES string of the molecule is O=Cc1cc(-c2ccccc2)ncc1O. The van der Waals surface area contributed by atoms with E-state index in [1.54, 1.807) is 6.07 Å². The van der Waals surface area contributed by atoms with Crippen LogP contribution in [0.25, 0.3) is 11.3 Å². The zero-order valence-corrected chi connectivity index (χ0v) is 7.92. The van der Waals surface area contributed by atoms with Crippen molar-refractivity contribution in [2.24, 2.45) is 0 Å². The number of aromatic hydroxyl groups is 1. The molecule has 0 spiro atoms. The number of nitrogens with zero attached hydrogens (tertiary/aromatic N) is 1. The van der Waals surface area contributed by atoms with Gasteiger partial charge in [0.25, 0.3) is 0 Å². The van der Waals surface area contributed by atoms with E-state index >= 15 is 0 Å². The van der Waals surface area contributed by atoms with Crippen LogP contribution in [0, 0.1) is 0 Å². The number of pyridine rings is 1. The first kappa shape index (κ1) is 9.40. The van der Waals surface area contributed by atoms with Crippen LogP contribution in [-0.4, -0.2) is 16.4 Å². The lowest BCUT2D eigenvalue weighted by Gasteiger charge is -2.02. The maximum absolute atomic E-state index is 10.6. The Labute approximate surface area is 87.0 Å². The predicted molar refractivity (Wildman–Crippen MR) is 56.7 cm³/mol. The number of hydrogen-bond acceptors (Lipinski definition) is 3. The Kier molecular flexibility index (Phi) is 2.46. The smallest absolute Gasteiger partial charge is 0.153 e. The highest BCUT2D eigenvalue weighted by atomic mass is 16.3. The molecule has 0 saturated carbocycles. The molecular weight excluding hydrogens is 190 g/mol. The molecule has 0 radical (unpaired) electrons. The molecule has 1 N–H and O–H groups in total. The Morgan fingerprint density at radius 3 is 2.60 bits per heavy atom. The number of aromatic nitrogens is 1. The lowest BCUT2D eigenvalue weighted by Crippen LogP contribution is -1.87. The molecule has 1 aromatic heterocycles. The molecule has 0 aliphatic heterocycles. The minimum Gasteiger partial charge on any atom is -0.506 e. The van der Waals surface area contributed by atoms with Crippen LogP contribution in [0.2, 0.25) is 0 Å². The summed E-state index contributed by atoms with van der Waals surface area (Å²) in [6.07, 6.45) is 1.90. The molecule has 0 saturated heterocycles. The summed E-state index contributed by atoms with van der Waals surface area (Å²) in [5.41, 5.74) is 1.85. The number of carbonyl (C=O) groups excluding carboxylic acids is 1. The van der Waals surface area contributed by atoms with Crippen molar-refractivity contribution in [2.75, 3.05) is 0 Å². The van der Waals surface area contributed by atoms with Crippen LogP contribution in [-0.2, 0) is 0 Å². The fourth-order valence-electron chi connectivity index (χ4n) is 1.32. The molecule has 2 aromatic rings. The standard InChI is InChI=1S/C12H9NO2/c14-8-10-6-11(13-7-12(10)15)9-4-2-1-3-5-9/h1-8,15H. The summed E-state index contributed by atoms with van der Waals surface area (Å²) in [5.74, 6) is -0.0929. The van der Waals surface area contributed by atoms with Gasteiger partial charge in [0, 0.05) is 5.56 Å². The quantitative estimate of drug-likeness (QED) is 0.755. The number of benzene rings is 1. The number of rotatable bonds is 2. The average molecular weight is 199 g/mol. The van der Waals surface area contributed by atoms with Gasteiger partial charge in [0.05, 0.1) is 17.5 Å². The van der Waals surface area contributed by atoms with Gasteiger partial charge in [-0.2, -0.15) is 0 Å². The Balaban J connectivity index is 2.51. The molecule has 0 aliphatic carbocycles. The molecule has 0 atom stereocenters. The summed E-state index contributed by atoms with van der Waals surface area (Å²) in [7, 11) is 0. The minimum absolute atomic E-state index is 0.0929. The van der Waals surface area contributed by atoms with Crippen molar-refractivity contribution in [3.63, 3.8) is 0 Å². The third kappa shape index (κ3) is 1.86. The van der Waals surface area contributed by atoms with Crippen molar-refractivity contribution in [3.8, 4) is 17.0 Å². The predicted octanol–water partition coefficient (Wildman–Crippen LogP) is 2.27. The van der Waals surface area contributed by atoms with Gasteiger partial charge in [0.2, 0.25) is 0 Å². The topological polar surface area (TPSA) is 50.2 Å². The van der Waals surface area contributed by atoms with Gasteiger partial charge in [-0.1, -0.05) is 30.3 Å². The first-order valence-corrected chi connectivity index (χ1v) is 4.51. The van der Waals surface area contributed by atoms with Crippen molar-refractivity contribution in [1.82, 2.24) is 4.98 Å². The minimum atomic E-state index is -0.0929. The number of carbonyl (C=O) groups is 1. The van der Waals surface area contributed by atoms with E-state index in [0.29, 0.717) is 12.0 Å². The lowest BCUT2D eigenvalue weighted by atomic mass is 10.1. The normalized spacial score (nSPS) is 9.87. The molecule has 0 bridgehead atoms. The van der Waals surface area contributed by atoms with E-state index in [9.17, 15) is 9.90 Å². The zero-order valence-electron chi connectivity index (χ0n) is 7.92. The summed E-state index contributed by atoms with van der Waals surface area (Å²) in [6, 6.07) is 11.1. The maximum atomic E-state index is 10.6. The third-order valence-electron chi connectivity index (χ3n) is 2.11. The van der Waals surface area contributed by atoms with Gasteiger partial charge < -0.3 is 5.11 Å².